The van der Waals surface area contributed by atoms with Gasteiger partial charge in [-0.05, 0) is 60.7 Å². The number of hydrogen-bond donors (Lipinski definition) is 2. The molecule has 0 aliphatic heterocycles. The topological polar surface area (TPSA) is 84.5 Å². The van der Waals surface area contributed by atoms with Crippen molar-refractivity contribution in [2.24, 2.45) is 0 Å². The van der Waals surface area contributed by atoms with E-state index in [-0.39, 0.29) is 22.8 Å². The summed E-state index contributed by atoms with van der Waals surface area (Å²) in [6, 6.07) is 28.4. The Kier molecular flexibility index (Phi) is 9.26. The van der Waals surface area contributed by atoms with Crippen molar-refractivity contribution < 1.29 is 23.5 Å². The number of carbonyl (C=O) groups excluding carboxylic acids is 3. The number of para-hydroxylation sites is 1. The molecule has 0 bridgehead atoms. The van der Waals surface area contributed by atoms with Crippen LogP contribution in [-0.4, -0.2) is 30.5 Å². The first-order valence-electron chi connectivity index (χ1n) is 12.0. The molecule has 2 amide bonds. The summed E-state index contributed by atoms with van der Waals surface area (Å²) in [7, 11) is 1.52. The first-order valence-corrected chi connectivity index (χ1v) is 13.0. The summed E-state index contributed by atoms with van der Waals surface area (Å²) in [5.41, 5.74) is 1.38. The quantitative estimate of drug-likeness (QED) is 0.142. The summed E-state index contributed by atoms with van der Waals surface area (Å²) < 4.78 is 19.6. The molecule has 0 radical (unpaired) electrons. The monoisotopic (exact) mass is 540 g/mol. The molecule has 0 aliphatic rings. The standard InChI is InChI=1S/C31H25FN2O4S/c1-38-29-14-8-6-12-25(29)28(35)20-39-24-17-15-23(16-18-24)33-31(37)27(19-22-11-5-7-13-26(22)32)34-30(36)21-9-3-2-4-10-21/h2-19H,20H2,1H3,(H,33,37)(H,34,36)/b27-19-. The van der Waals surface area contributed by atoms with Crippen LogP contribution in [0, 0.1) is 5.82 Å². The van der Waals surface area contributed by atoms with E-state index in [1.165, 1.54) is 37.1 Å². The van der Waals surface area contributed by atoms with Crippen molar-refractivity contribution in [1.82, 2.24) is 5.32 Å². The Morgan fingerprint density at radius 2 is 1.51 bits per heavy atom. The van der Waals surface area contributed by atoms with Gasteiger partial charge in [0.15, 0.2) is 5.78 Å². The number of anilines is 1. The maximum atomic E-state index is 14.3. The molecule has 6 nitrogen and oxygen atoms in total. The van der Waals surface area contributed by atoms with E-state index >= 15 is 0 Å². The summed E-state index contributed by atoms with van der Waals surface area (Å²) in [5, 5.41) is 5.32. The second-order valence-electron chi connectivity index (χ2n) is 8.29. The molecule has 0 saturated carbocycles. The fourth-order valence-electron chi connectivity index (χ4n) is 3.62. The third kappa shape index (κ3) is 7.43. The van der Waals surface area contributed by atoms with Crippen LogP contribution in [0.1, 0.15) is 26.3 Å². The first kappa shape index (κ1) is 27.3. The molecule has 0 aliphatic carbocycles. The summed E-state index contributed by atoms with van der Waals surface area (Å²) in [5.74, 6) is -0.964. The Bertz CT molecular complexity index is 1500. The van der Waals surface area contributed by atoms with E-state index in [2.05, 4.69) is 10.6 Å². The van der Waals surface area contributed by atoms with Crippen LogP contribution in [0.15, 0.2) is 114 Å². The fourth-order valence-corrected chi connectivity index (χ4v) is 4.41. The maximum absolute atomic E-state index is 14.3. The number of Topliss-reactive ketones (excluding diaryl/α,β-unsaturated/α-hetero) is 1. The van der Waals surface area contributed by atoms with Crippen molar-refractivity contribution in [3.05, 3.63) is 131 Å². The van der Waals surface area contributed by atoms with E-state index in [1.807, 2.05) is 0 Å². The molecular formula is C31H25FN2O4S. The van der Waals surface area contributed by atoms with Crippen LogP contribution in [0.4, 0.5) is 10.1 Å². The Labute approximate surface area is 229 Å². The van der Waals surface area contributed by atoms with Gasteiger partial charge in [0.25, 0.3) is 11.8 Å². The van der Waals surface area contributed by atoms with Crippen LogP contribution >= 0.6 is 11.8 Å². The van der Waals surface area contributed by atoms with Crippen molar-refractivity contribution in [2.75, 3.05) is 18.2 Å². The Hall–Kier alpha value is -4.69. The lowest BCUT2D eigenvalue weighted by Gasteiger charge is -2.12. The van der Waals surface area contributed by atoms with Crippen LogP contribution < -0.4 is 15.4 Å². The third-order valence-electron chi connectivity index (χ3n) is 5.62. The molecule has 0 spiro atoms. The van der Waals surface area contributed by atoms with Gasteiger partial charge >= 0.3 is 0 Å². The molecule has 0 atom stereocenters. The molecule has 0 unspecified atom stereocenters. The van der Waals surface area contributed by atoms with E-state index in [0.29, 0.717) is 22.6 Å². The van der Waals surface area contributed by atoms with Crippen molar-refractivity contribution >= 4 is 41.1 Å². The van der Waals surface area contributed by atoms with Gasteiger partial charge < -0.3 is 15.4 Å². The highest BCUT2D eigenvalue weighted by Crippen LogP contribution is 2.25. The molecule has 4 rings (SSSR count). The summed E-state index contributed by atoms with van der Waals surface area (Å²) in [6.07, 6.45) is 1.29. The molecule has 0 heterocycles. The predicted octanol–water partition coefficient (Wildman–Crippen LogP) is 6.22. The number of halogens is 1. The summed E-state index contributed by atoms with van der Waals surface area (Å²) >= 11 is 1.36. The molecule has 39 heavy (non-hydrogen) atoms. The number of rotatable bonds is 10. The Balaban J connectivity index is 1.45. The van der Waals surface area contributed by atoms with E-state index in [1.54, 1.807) is 91.0 Å². The number of hydrogen-bond acceptors (Lipinski definition) is 5. The van der Waals surface area contributed by atoms with Crippen LogP contribution in [0.3, 0.4) is 0 Å². The highest BCUT2D eigenvalue weighted by Gasteiger charge is 2.16. The first-order chi connectivity index (χ1) is 18.9. The zero-order chi connectivity index (χ0) is 27.6. The normalized spacial score (nSPS) is 11.0. The molecule has 0 saturated heterocycles. The Morgan fingerprint density at radius 3 is 2.23 bits per heavy atom. The highest BCUT2D eigenvalue weighted by atomic mass is 32.2. The lowest BCUT2D eigenvalue weighted by molar-refractivity contribution is -0.113. The number of ether oxygens (including phenoxy) is 1. The molecule has 0 fully saturated rings. The van der Waals surface area contributed by atoms with Crippen molar-refractivity contribution in [2.45, 2.75) is 4.90 Å². The number of benzene rings is 4. The largest absolute Gasteiger partial charge is 0.496 e. The third-order valence-corrected chi connectivity index (χ3v) is 6.64. The number of methoxy groups -OCH3 is 1. The number of carbonyl (C=O) groups is 3. The van der Waals surface area contributed by atoms with Gasteiger partial charge in [-0.3, -0.25) is 14.4 Å². The lowest BCUT2D eigenvalue weighted by Crippen LogP contribution is -2.30. The van der Waals surface area contributed by atoms with Crippen LogP contribution in [0.2, 0.25) is 0 Å². The van der Waals surface area contributed by atoms with Gasteiger partial charge in [-0.15, -0.1) is 11.8 Å². The van der Waals surface area contributed by atoms with E-state index in [0.717, 1.165) is 4.90 Å². The van der Waals surface area contributed by atoms with E-state index in [9.17, 15) is 18.8 Å². The second kappa shape index (κ2) is 13.2. The molecule has 2 N–H and O–H groups in total. The molecule has 196 valence electrons. The molecule has 4 aromatic rings. The zero-order valence-corrected chi connectivity index (χ0v) is 21.8. The van der Waals surface area contributed by atoms with Crippen molar-refractivity contribution in [1.29, 1.82) is 0 Å². The fraction of sp³-hybridized carbons (Fsp3) is 0.0645. The van der Waals surface area contributed by atoms with Gasteiger partial charge in [0.1, 0.15) is 17.3 Å². The van der Waals surface area contributed by atoms with E-state index < -0.39 is 17.6 Å². The average molecular weight is 541 g/mol. The zero-order valence-electron chi connectivity index (χ0n) is 21.0. The summed E-state index contributed by atoms with van der Waals surface area (Å²) in [4.78, 5) is 39.3. The van der Waals surface area contributed by atoms with Gasteiger partial charge in [0.2, 0.25) is 0 Å². The summed E-state index contributed by atoms with van der Waals surface area (Å²) in [6.45, 7) is 0. The number of ketones is 1. The van der Waals surface area contributed by atoms with Gasteiger partial charge in [0, 0.05) is 21.7 Å². The van der Waals surface area contributed by atoms with Crippen LogP contribution in [0.5, 0.6) is 5.75 Å². The number of thioether (sulfide) groups is 1. The van der Waals surface area contributed by atoms with Gasteiger partial charge in [-0.2, -0.15) is 0 Å². The number of amides is 2. The molecule has 8 heteroatoms. The van der Waals surface area contributed by atoms with Crippen LogP contribution in [-0.2, 0) is 4.79 Å². The molecule has 4 aromatic carbocycles. The highest BCUT2D eigenvalue weighted by molar-refractivity contribution is 8.00. The average Bonchev–Trinajstić information content (AvgIpc) is 2.97. The van der Waals surface area contributed by atoms with Crippen LogP contribution in [0.25, 0.3) is 6.08 Å². The second-order valence-corrected chi connectivity index (χ2v) is 9.34. The van der Waals surface area contributed by atoms with Crippen molar-refractivity contribution in [3.8, 4) is 5.75 Å². The van der Waals surface area contributed by atoms with Gasteiger partial charge in [-0.1, -0.05) is 48.5 Å². The minimum Gasteiger partial charge on any atom is -0.496 e. The van der Waals surface area contributed by atoms with Crippen molar-refractivity contribution in [3.63, 3.8) is 0 Å². The SMILES string of the molecule is COc1ccccc1C(=O)CSc1ccc(NC(=O)/C(=C/c2ccccc2F)NC(=O)c2ccccc2)cc1. The number of nitrogens with one attached hydrogen (secondary N) is 2. The maximum Gasteiger partial charge on any atom is 0.272 e. The molecular weight excluding hydrogens is 515 g/mol. The molecule has 0 aromatic heterocycles. The Morgan fingerprint density at radius 1 is 0.846 bits per heavy atom. The minimum absolute atomic E-state index is 0.0630. The lowest BCUT2D eigenvalue weighted by atomic mass is 10.1. The van der Waals surface area contributed by atoms with E-state index in [4.69, 9.17) is 4.74 Å². The predicted molar refractivity (Wildman–Crippen MR) is 151 cm³/mol. The van der Waals surface area contributed by atoms with Gasteiger partial charge in [0.05, 0.1) is 18.4 Å². The minimum atomic E-state index is -0.616. The van der Waals surface area contributed by atoms with Gasteiger partial charge in [-0.25, -0.2) is 4.39 Å². The smallest absolute Gasteiger partial charge is 0.272 e.